The molecule has 0 saturated heterocycles. The van der Waals surface area contributed by atoms with Crippen molar-refractivity contribution in [3.63, 3.8) is 0 Å². The second-order valence-corrected chi connectivity index (χ2v) is 8.13. The summed E-state index contributed by atoms with van der Waals surface area (Å²) in [7, 11) is 0. The first kappa shape index (κ1) is 21.6. The maximum atomic E-state index is 13.3. The first-order valence-corrected chi connectivity index (χ1v) is 11.3. The number of para-hydroxylation sites is 1. The number of benzene rings is 2. The van der Waals surface area contributed by atoms with E-state index in [2.05, 4.69) is 16.8 Å². The van der Waals surface area contributed by atoms with Crippen LogP contribution in [0.15, 0.2) is 95.2 Å². The third-order valence-electron chi connectivity index (χ3n) is 5.01. The highest BCUT2D eigenvalue weighted by Crippen LogP contribution is 2.28. The van der Waals surface area contributed by atoms with Crippen molar-refractivity contribution in [2.75, 3.05) is 10.7 Å². The Morgan fingerprint density at radius 1 is 1.09 bits per heavy atom. The van der Waals surface area contributed by atoms with E-state index in [1.807, 2.05) is 78.2 Å². The number of carbonyl (C=O) groups excluding carboxylic acids is 1. The van der Waals surface area contributed by atoms with Crippen molar-refractivity contribution in [2.45, 2.75) is 25.2 Å². The van der Waals surface area contributed by atoms with Crippen LogP contribution in [0.5, 0.6) is 0 Å². The molecule has 0 aliphatic heterocycles. The number of thioether (sulfide) groups is 1. The van der Waals surface area contributed by atoms with Gasteiger partial charge in [0, 0.05) is 12.2 Å². The summed E-state index contributed by atoms with van der Waals surface area (Å²) in [5, 5.41) is 9.35. The van der Waals surface area contributed by atoms with Gasteiger partial charge in [-0.2, -0.15) is 0 Å². The lowest BCUT2D eigenvalue weighted by molar-refractivity contribution is -0.116. The number of carbonyl (C=O) groups is 1. The van der Waals surface area contributed by atoms with Crippen molar-refractivity contribution < 1.29 is 9.21 Å². The molecule has 162 valence electrons. The number of hydrogen-bond acceptors (Lipinski definition) is 5. The Kier molecular flexibility index (Phi) is 6.87. The Morgan fingerprint density at radius 3 is 2.47 bits per heavy atom. The first-order valence-electron chi connectivity index (χ1n) is 10.3. The molecule has 6 nitrogen and oxygen atoms in total. The van der Waals surface area contributed by atoms with E-state index in [4.69, 9.17) is 4.42 Å². The number of hydrogen-bond donors (Lipinski definition) is 0. The van der Waals surface area contributed by atoms with E-state index < -0.39 is 0 Å². The number of allylic oxidation sites excluding steroid dienone is 1. The molecule has 2 aromatic heterocycles. The summed E-state index contributed by atoms with van der Waals surface area (Å²) in [4.78, 5) is 15.1. The molecule has 7 heteroatoms. The molecule has 0 aliphatic rings. The van der Waals surface area contributed by atoms with Gasteiger partial charge in [0.15, 0.2) is 11.0 Å². The van der Waals surface area contributed by atoms with Gasteiger partial charge < -0.3 is 9.32 Å². The summed E-state index contributed by atoms with van der Waals surface area (Å²) in [5.74, 6) is 1.71. The van der Waals surface area contributed by atoms with Gasteiger partial charge in [-0.25, -0.2) is 0 Å². The van der Waals surface area contributed by atoms with Crippen LogP contribution in [0.4, 0.5) is 5.69 Å². The molecule has 0 radical (unpaired) electrons. The lowest BCUT2D eigenvalue weighted by Crippen LogP contribution is -2.32. The fourth-order valence-corrected chi connectivity index (χ4v) is 4.23. The number of aromatic nitrogens is 3. The van der Waals surface area contributed by atoms with Crippen LogP contribution in [0.25, 0.3) is 11.4 Å². The molecular formula is C25H24N4O2S. The van der Waals surface area contributed by atoms with Gasteiger partial charge in [-0.1, -0.05) is 66.4 Å². The molecule has 0 spiro atoms. The quantitative estimate of drug-likeness (QED) is 0.257. The molecule has 1 amide bonds. The van der Waals surface area contributed by atoms with Gasteiger partial charge in [0.05, 0.1) is 24.1 Å². The molecule has 0 atom stereocenters. The minimum absolute atomic E-state index is 0.000696. The maximum absolute atomic E-state index is 13.3. The van der Waals surface area contributed by atoms with E-state index in [0.29, 0.717) is 24.1 Å². The van der Waals surface area contributed by atoms with Crippen molar-refractivity contribution in [3.05, 3.63) is 97.0 Å². The van der Waals surface area contributed by atoms with Crippen LogP contribution >= 0.6 is 11.8 Å². The smallest absolute Gasteiger partial charge is 0.237 e. The predicted molar refractivity (Wildman–Crippen MR) is 127 cm³/mol. The molecule has 2 heterocycles. The molecule has 0 unspecified atom stereocenters. The highest BCUT2D eigenvalue weighted by Gasteiger charge is 2.20. The van der Waals surface area contributed by atoms with Crippen molar-refractivity contribution in [1.82, 2.24) is 14.8 Å². The zero-order chi connectivity index (χ0) is 22.3. The second kappa shape index (κ2) is 10.2. The number of anilines is 1. The molecule has 32 heavy (non-hydrogen) atoms. The van der Waals surface area contributed by atoms with Gasteiger partial charge in [0.1, 0.15) is 5.76 Å². The van der Waals surface area contributed by atoms with Gasteiger partial charge in [-0.15, -0.1) is 16.8 Å². The van der Waals surface area contributed by atoms with Gasteiger partial charge in [0.25, 0.3) is 0 Å². The Bertz CT molecular complexity index is 1190. The summed E-state index contributed by atoms with van der Waals surface area (Å²) in [6, 6.07) is 21.6. The number of furan rings is 1. The average Bonchev–Trinajstić information content (AvgIpc) is 3.43. The minimum Gasteiger partial charge on any atom is -0.469 e. The first-order chi connectivity index (χ1) is 15.7. The zero-order valence-corrected chi connectivity index (χ0v) is 18.7. The molecule has 4 rings (SSSR count). The topological polar surface area (TPSA) is 64.2 Å². The van der Waals surface area contributed by atoms with Crippen molar-refractivity contribution >= 4 is 23.4 Å². The van der Waals surface area contributed by atoms with Crippen LogP contribution in [-0.4, -0.2) is 26.4 Å². The van der Waals surface area contributed by atoms with Crippen LogP contribution < -0.4 is 4.90 Å². The number of aryl methyl sites for hydroxylation is 1. The molecule has 0 bridgehead atoms. The zero-order valence-electron chi connectivity index (χ0n) is 17.8. The molecular weight excluding hydrogens is 420 g/mol. The molecule has 0 saturated carbocycles. The van der Waals surface area contributed by atoms with Gasteiger partial charge >= 0.3 is 0 Å². The van der Waals surface area contributed by atoms with Crippen molar-refractivity contribution in [3.8, 4) is 11.4 Å². The maximum Gasteiger partial charge on any atom is 0.237 e. The molecule has 0 fully saturated rings. The Morgan fingerprint density at radius 2 is 1.81 bits per heavy atom. The summed E-state index contributed by atoms with van der Waals surface area (Å²) in [6.45, 7) is 6.78. The highest BCUT2D eigenvalue weighted by molar-refractivity contribution is 7.99. The Balaban J connectivity index is 1.55. The molecule has 0 aliphatic carbocycles. The Labute approximate surface area is 191 Å². The van der Waals surface area contributed by atoms with Crippen LogP contribution in [0, 0.1) is 6.92 Å². The van der Waals surface area contributed by atoms with Crippen molar-refractivity contribution in [1.29, 1.82) is 0 Å². The lowest BCUT2D eigenvalue weighted by Gasteiger charge is -2.23. The number of nitrogens with zero attached hydrogens (tertiary/aromatic N) is 4. The largest absolute Gasteiger partial charge is 0.469 e. The predicted octanol–water partition coefficient (Wildman–Crippen LogP) is 5.36. The standard InChI is InChI=1S/C25H24N4O2S/c1-3-15-28-24(22-14-16-31-19(22)2)26-27-25(28)32-18-23(30)29(21-12-8-5-9-13-21)17-20-10-6-4-7-11-20/h3-14,16H,1,15,17-18H2,2H3. The molecule has 4 aromatic rings. The van der Waals surface area contributed by atoms with E-state index in [-0.39, 0.29) is 11.7 Å². The molecule has 2 aromatic carbocycles. The minimum atomic E-state index is -0.000696. The second-order valence-electron chi connectivity index (χ2n) is 7.19. The summed E-state index contributed by atoms with van der Waals surface area (Å²) in [5.41, 5.74) is 2.82. The van der Waals surface area contributed by atoms with Crippen LogP contribution in [0.1, 0.15) is 11.3 Å². The van der Waals surface area contributed by atoms with Crippen LogP contribution in [0.2, 0.25) is 0 Å². The number of amides is 1. The third-order valence-corrected chi connectivity index (χ3v) is 5.96. The highest BCUT2D eigenvalue weighted by atomic mass is 32.2. The van der Waals surface area contributed by atoms with Gasteiger partial charge in [-0.05, 0) is 30.7 Å². The SMILES string of the molecule is C=CCn1c(SCC(=O)N(Cc2ccccc2)c2ccccc2)nnc1-c1ccoc1C. The summed E-state index contributed by atoms with van der Waals surface area (Å²) >= 11 is 1.37. The third kappa shape index (κ3) is 4.84. The van der Waals surface area contributed by atoms with E-state index in [0.717, 1.165) is 22.6 Å². The van der Waals surface area contributed by atoms with Gasteiger partial charge in [0.2, 0.25) is 5.91 Å². The van der Waals surface area contributed by atoms with E-state index in [1.165, 1.54) is 11.8 Å². The fourth-order valence-electron chi connectivity index (χ4n) is 3.41. The average molecular weight is 445 g/mol. The lowest BCUT2D eigenvalue weighted by atomic mass is 10.2. The van der Waals surface area contributed by atoms with Crippen LogP contribution in [0.3, 0.4) is 0 Å². The molecule has 0 N–H and O–H groups in total. The summed E-state index contributed by atoms with van der Waals surface area (Å²) in [6.07, 6.45) is 3.43. The van der Waals surface area contributed by atoms with Crippen LogP contribution in [-0.2, 0) is 17.9 Å². The van der Waals surface area contributed by atoms with E-state index >= 15 is 0 Å². The fraction of sp³-hybridized carbons (Fsp3) is 0.160. The normalized spacial score (nSPS) is 10.8. The summed E-state index contributed by atoms with van der Waals surface area (Å²) < 4.78 is 7.37. The van der Waals surface area contributed by atoms with E-state index in [9.17, 15) is 4.79 Å². The van der Waals surface area contributed by atoms with Gasteiger partial charge in [-0.3, -0.25) is 9.36 Å². The number of rotatable bonds is 9. The Hall–Kier alpha value is -3.58. The van der Waals surface area contributed by atoms with Crippen molar-refractivity contribution in [2.24, 2.45) is 0 Å². The van der Waals surface area contributed by atoms with E-state index in [1.54, 1.807) is 17.2 Å². The monoisotopic (exact) mass is 444 g/mol.